The van der Waals surface area contributed by atoms with Crippen LogP contribution < -0.4 is 0 Å². The summed E-state index contributed by atoms with van der Waals surface area (Å²) in [5.74, 6) is -0.0323. The van der Waals surface area contributed by atoms with Gasteiger partial charge in [0, 0.05) is 11.1 Å². The number of hydrogen-bond acceptors (Lipinski definition) is 2. The predicted molar refractivity (Wildman–Crippen MR) is 111 cm³/mol. The second-order valence-electron chi connectivity index (χ2n) is 6.71. The van der Waals surface area contributed by atoms with Crippen LogP contribution in [0.1, 0.15) is 32.6 Å². The summed E-state index contributed by atoms with van der Waals surface area (Å²) in [4.78, 5) is 12.7. The van der Waals surface area contributed by atoms with Gasteiger partial charge < -0.3 is 5.11 Å². The van der Waals surface area contributed by atoms with Crippen molar-refractivity contribution in [1.29, 1.82) is 0 Å². The number of carbonyl (C=O) groups excluding carboxylic acids is 1. The summed E-state index contributed by atoms with van der Waals surface area (Å²) in [6.45, 7) is 0. The minimum atomic E-state index is -1.29. The van der Waals surface area contributed by atoms with Gasteiger partial charge in [0.05, 0.1) is 0 Å². The van der Waals surface area contributed by atoms with Crippen molar-refractivity contribution >= 4 is 5.78 Å². The first-order chi connectivity index (χ1) is 13.7. The summed E-state index contributed by atoms with van der Waals surface area (Å²) in [5.41, 5.74) is 2.23. The molecule has 136 valence electrons. The van der Waals surface area contributed by atoms with Crippen molar-refractivity contribution in [2.45, 2.75) is 5.60 Å². The van der Waals surface area contributed by atoms with Gasteiger partial charge in [-0.05, 0) is 16.7 Å². The van der Waals surface area contributed by atoms with E-state index >= 15 is 0 Å². The molecule has 4 rings (SSSR count). The Bertz CT molecular complexity index is 1010. The zero-order valence-electron chi connectivity index (χ0n) is 15.3. The molecule has 0 aliphatic carbocycles. The third-order valence-corrected chi connectivity index (χ3v) is 4.98. The average Bonchev–Trinajstić information content (AvgIpc) is 2.80. The number of hydrogen-bond donors (Lipinski definition) is 1. The number of rotatable bonds is 5. The summed E-state index contributed by atoms with van der Waals surface area (Å²) < 4.78 is 0. The first-order valence-electron chi connectivity index (χ1n) is 9.23. The molecule has 1 N–H and O–H groups in total. The Kier molecular flexibility index (Phi) is 4.88. The van der Waals surface area contributed by atoms with E-state index < -0.39 is 5.60 Å². The van der Waals surface area contributed by atoms with Crippen LogP contribution in [-0.2, 0) is 5.60 Å². The molecular weight excluding hydrogens is 344 g/mol. The Morgan fingerprint density at radius 1 is 0.500 bits per heavy atom. The Morgan fingerprint density at radius 3 is 1.32 bits per heavy atom. The number of aliphatic hydroxyl groups is 1. The molecular formula is C26H20O2. The molecule has 0 saturated carbocycles. The highest BCUT2D eigenvalue weighted by atomic mass is 16.3. The van der Waals surface area contributed by atoms with Crippen molar-refractivity contribution in [3.8, 4) is 0 Å². The van der Waals surface area contributed by atoms with E-state index in [2.05, 4.69) is 0 Å². The number of benzene rings is 4. The van der Waals surface area contributed by atoms with E-state index in [4.69, 9.17) is 0 Å². The van der Waals surface area contributed by atoms with Crippen molar-refractivity contribution in [3.05, 3.63) is 143 Å². The summed E-state index contributed by atoms with van der Waals surface area (Å²) in [6, 6.07) is 35.6. The van der Waals surface area contributed by atoms with Crippen molar-refractivity contribution < 1.29 is 9.90 Å². The Labute approximate surface area is 164 Å². The first-order valence-corrected chi connectivity index (χ1v) is 9.23. The fourth-order valence-corrected chi connectivity index (χ4v) is 3.48. The maximum Gasteiger partial charge on any atom is 0.193 e. The molecule has 0 amide bonds. The van der Waals surface area contributed by atoms with Gasteiger partial charge in [-0.25, -0.2) is 0 Å². The van der Waals surface area contributed by atoms with Crippen molar-refractivity contribution in [2.24, 2.45) is 0 Å². The fourth-order valence-electron chi connectivity index (χ4n) is 3.48. The van der Waals surface area contributed by atoms with Crippen LogP contribution in [0.3, 0.4) is 0 Å². The van der Waals surface area contributed by atoms with Gasteiger partial charge in [-0.3, -0.25) is 4.79 Å². The molecule has 0 radical (unpaired) electrons. The van der Waals surface area contributed by atoms with E-state index in [1.807, 2.05) is 91.0 Å². The monoisotopic (exact) mass is 364 g/mol. The third kappa shape index (κ3) is 3.26. The van der Waals surface area contributed by atoms with Crippen molar-refractivity contribution in [1.82, 2.24) is 0 Å². The van der Waals surface area contributed by atoms with Crippen molar-refractivity contribution in [2.75, 3.05) is 0 Å². The smallest absolute Gasteiger partial charge is 0.193 e. The van der Waals surface area contributed by atoms with E-state index in [1.54, 1.807) is 24.3 Å². The molecule has 2 nitrogen and oxygen atoms in total. The molecule has 4 aromatic rings. The van der Waals surface area contributed by atoms with Gasteiger partial charge in [-0.2, -0.15) is 0 Å². The SMILES string of the molecule is O=C(c1ccccc1)c1ccc(C(O)(c2ccccc2)c2ccccc2)cc1. The van der Waals surface area contributed by atoms with Gasteiger partial charge in [-0.1, -0.05) is 115 Å². The molecule has 0 aliphatic rings. The van der Waals surface area contributed by atoms with Crippen molar-refractivity contribution in [3.63, 3.8) is 0 Å². The van der Waals surface area contributed by atoms with Gasteiger partial charge in [0.2, 0.25) is 0 Å². The maximum absolute atomic E-state index is 12.7. The lowest BCUT2D eigenvalue weighted by molar-refractivity contribution is 0.103. The lowest BCUT2D eigenvalue weighted by Gasteiger charge is -2.30. The summed E-state index contributed by atoms with van der Waals surface area (Å²) in [7, 11) is 0. The molecule has 0 aromatic heterocycles. The molecule has 0 aliphatic heterocycles. The standard InChI is InChI=1S/C26H20O2/c27-25(20-10-4-1-5-11-20)21-16-18-24(19-17-21)26(28,22-12-6-2-7-13-22)23-14-8-3-9-15-23/h1-19,28H. The highest BCUT2D eigenvalue weighted by Crippen LogP contribution is 2.36. The van der Waals surface area contributed by atoms with Crippen LogP contribution in [0.5, 0.6) is 0 Å². The van der Waals surface area contributed by atoms with Gasteiger partial charge in [0.25, 0.3) is 0 Å². The normalized spacial score (nSPS) is 11.2. The zero-order chi connectivity index (χ0) is 19.4. The lowest BCUT2D eigenvalue weighted by Crippen LogP contribution is -2.28. The Balaban J connectivity index is 1.77. The Morgan fingerprint density at radius 2 is 0.857 bits per heavy atom. The van der Waals surface area contributed by atoms with Crippen LogP contribution in [-0.4, -0.2) is 10.9 Å². The van der Waals surface area contributed by atoms with Crippen LogP contribution >= 0.6 is 0 Å². The minimum absolute atomic E-state index is 0.0323. The number of ketones is 1. The molecule has 0 unspecified atom stereocenters. The van der Waals surface area contributed by atoms with E-state index in [0.717, 1.165) is 16.7 Å². The Hall–Kier alpha value is -3.49. The summed E-state index contributed by atoms with van der Waals surface area (Å²) in [5, 5.41) is 11.8. The fraction of sp³-hybridized carbons (Fsp3) is 0.0385. The van der Waals surface area contributed by atoms with E-state index in [0.29, 0.717) is 11.1 Å². The van der Waals surface area contributed by atoms with E-state index in [9.17, 15) is 9.90 Å². The molecule has 0 bridgehead atoms. The third-order valence-electron chi connectivity index (χ3n) is 4.98. The second kappa shape index (κ2) is 7.63. The van der Waals surface area contributed by atoms with Gasteiger partial charge in [0.1, 0.15) is 5.60 Å². The van der Waals surface area contributed by atoms with Crippen LogP contribution in [0.15, 0.2) is 115 Å². The summed E-state index contributed by atoms with van der Waals surface area (Å²) >= 11 is 0. The van der Waals surface area contributed by atoms with E-state index in [-0.39, 0.29) is 5.78 Å². The molecule has 0 spiro atoms. The van der Waals surface area contributed by atoms with Gasteiger partial charge in [-0.15, -0.1) is 0 Å². The first kappa shape index (κ1) is 17.9. The molecule has 0 fully saturated rings. The molecule has 0 heterocycles. The quantitative estimate of drug-likeness (QED) is 0.390. The highest BCUT2D eigenvalue weighted by Gasteiger charge is 2.33. The highest BCUT2D eigenvalue weighted by molar-refractivity contribution is 6.08. The van der Waals surface area contributed by atoms with Crippen LogP contribution in [0.4, 0.5) is 0 Å². The van der Waals surface area contributed by atoms with Crippen LogP contribution in [0.25, 0.3) is 0 Å². The topological polar surface area (TPSA) is 37.3 Å². The second-order valence-corrected chi connectivity index (χ2v) is 6.71. The average molecular weight is 364 g/mol. The van der Waals surface area contributed by atoms with E-state index in [1.165, 1.54) is 0 Å². The predicted octanol–water partition coefficient (Wildman–Crippen LogP) is 5.20. The molecule has 2 heteroatoms. The molecule has 0 atom stereocenters. The lowest BCUT2D eigenvalue weighted by atomic mass is 9.80. The van der Waals surface area contributed by atoms with Crippen LogP contribution in [0, 0.1) is 0 Å². The van der Waals surface area contributed by atoms with Gasteiger partial charge in [0.15, 0.2) is 5.78 Å². The molecule has 0 saturated heterocycles. The number of carbonyl (C=O) groups is 1. The van der Waals surface area contributed by atoms with Crippen LogP contribution in [0.2, 0.25) is 0 Å². The molecule has 28 heavy (non-hydrogen) atoms. The van der Waals surface area contributed by atoms with Gasteiger partial charge >= 0.3 is 0 Å². The zero-order valence-corrected chi connectivity index (χ0v) is 15.3. The minimum Gasteiger partial charge on any atom is -0.376 e. The summed E-state index contributed by atoms with van der Waals surface area (Å²) in [6.07, 6.45) is 0. The largest absolute Gasteiger partial charge is 0.376 e. The maximum atomic E-state index is 12.7. The molecule has 4 aromatic carbocycles.